The summed E-state index contributed by atoms with van der Waals surface area (Å²) in [7, 11) is 0. The number of hydrogen-bond acceptors (Lipinski definition) is 3. The number of nitrogens with zero attached hydrogens (tertiary/aromatic N) is 2. The van der Waals surface area contributed by atoms with E-state index in [-0.39, 0.29) is 17.5 Å². The van der Waals surface area contributed by atoms with Crippen molar-refractivity contribution in [2.75, 3.05) is 13.1 Å². The Morgan fingerprint density at radius 2 is 2.19 bits per heavy atom. The van der Waals surface area contributed by atoms with Crippen LogP contribution in [-0.2, 0) is 10.3 Å². The fraction of sp³-hybridized carbons (Fsp3) is 0.529. The van der Waals surface area contributed by atoms with Crippen molar-refractivity contribution in [3.05, 3.63) is 35.4 Å². The number of carbonyl (C=O) groups excluding carboxylic acids is 1. The van der Waals surface area contributed by atoms with Crippen LogP contribution in [0.1, 0.15) is 37.8 Å². The Morgan fingerprint density at radius 3 is 2.76 bits per heavy atom. The van der Waals surface area contributed by atoms with Gasteiger partial charge >= 0.3 is 0 Å². The van der Waals surface area contributed by atoms with Crippen LogP contribution in [0, 0.1) is 17.2 Å². The maximum atomic E-state index is 12.4. The van der Waals surface area contributed by atoms with Crippen LogP contribution in [0.15, 0.2) is 24.3 Å². The first-order valence-corrected chi connectivity index (χ1v) is 7.61. The molecule has 21 heavy (non-hydrogen) atoms. The van der Waals surface area contributed by atoms with Crippen molar-refractivity contribution in [2.45, 2.75) is 38.3 Å². The number of rotatable bonds is 4. The summed E-state index contributed by atoms with van der Waals surface area (Å²) in [5.74, 6) is 0.796. The molecule has 1 heterocycles. The molecule has 1 saturated heterocycles. The molecule has 1 aliphatic carbocycles. The van der Waals surface area contributed by atoms with Gasteiger partial charge in [0.2, 0.25) is 5.91 Å². The molecular formula is C17H21N3O. The minimum absolute atomic E-state index is 0.0715. The van der Waals surface area contributed by atoms with E-state index >= 15 is 0 Å². The van der Waals surface area contributed by atoms with Crippen LogP contribution in [-0.4, -0.2) is 29.9 Å². The van der Waals surface area contributed by atoms with Crippen molar-refractivity contribution < 1.29 is 4.79 Å². The van der Waals surface area contributed by atoms with E-state index in [0.717, 1.165) is 31.5 Å². The fourth-order valence-electron chi connectivity index (χ4n) is 3.07. The second kappa shape index (κ2) is 5.16. The molecule has 1 atom stereocenters. The predicted molar refractivity (Wildman–Crippen MR) is 80.4 cm³/mol. The van der Waals surface area contributed by atoms with Crippen LogP contribution in [0.2, 0.25) is 0 Å². The molecule has 0 aromatic heterocycles. The van der Waals surface area contributed by atoms with Crippen molar-refractivity contribution in [3.8, 4) is 6.07 Å². The Balaban J connectivity index is 1.69. The molecule has 1 N–H and O–H groups in total. The molecule has 0 radical (unpaired) electrons. The van der Waals surface area contributed by atoms with Crippen molar-refractivity contribution in [3.63, 3.8) is 0 Å². The third-order valence-electron chi connectivity index (χ3n) is 4.68. The van der Waals surface area contributed by atoms with E-state index in [1.54, 1.807) is 6.07 Å². The van der Waals surface area contributed by atoms with Crippen molar-refractivity contribution >= 4 is 5.91 Å². The minimum Gasteiger partial charge on any atom is -0.345 e. The van der Waals surface area contributed by atoms with Gasteiger partial charge in [0, 0.05) is 13.1 Å². The molecule has 110 valence electrons. The van der Waals surface area contributed by atoms with Gasteiger partial charge in [-0.25, -0.2) is 0 Å². The molecule has 2 fully saturated rings. The summed E-state index contributed by atoms with van der Waals surface area (Å²) in [6.45, 7) is 6.19. The molecule has 4 heteroatoms. The molecular weight excluding hydrogens is 262 g/mol. The van der Waals surface area contributed by atoms with E-state index in [1.807, 2.05) is 25.1 Å². The number of carbonyl (C=O) groups is 1. The van der Waals surface area contributed by atoms with Crippen LogP contribution >= 0.6 is 0 Å². The van der Waals surface area contributed by atoms with Gasteiger partial charge in [-0.1, -0.05) is 19.1 Å². The third-order valence-corrected chi connectivity index (χ3v) is 4.68. The van der Waals surface area contributed by atoms with Gasteiger partial charge in [0.1, 0.15) is 0 Å². The number of nitrogens with one attached hydrogen (secondary N) is 1. The molecule has 0 spiro atoms. The lowest BCUT2D eigenvalue weighted by atomic mass is 9.99. The maximum Gasteiger partial charge on any atom is 0.237 e. The molecule has 3 rings (SSSR count). The zero-order chi connectivity index (χ0) is 15.0. The monoisotopic (exact) mass is 283 g/mol. The summed E-state index contributed by atoms with van der Waals surface area (Å²) in [6.07, 6.45) is 1.91. The van der Waals surface area contributed by atoms with Gasteiger partial charge in [-0.2, -0.15) is 5.26 Å². The van der Waals surface area contributed by atoms with Gasteiger partial charge in [0.25, 0.3) is 0 Å². The van der Waals surface area contributed by atoms with Crippen LogP contribution < -0.4 is 5.32 Å². The van der Waals surface area contributed by atoms with E-state index in [2.05, 4.69) is 23.2 Å². The highest BCUT2D eigenvalue weighted by molar-refractivity contribution is 5.82. The average Bonchev–Trinajstić information content (AvgIpc) is 3.24. The standard InChI is InChI=1S/C17H21N3O/c1-12-10-20(11-12)13(2)16(21)19-17(6-7-17)15-5-3-4-14(8-15)9-18/h3-5,8,12-13H,6-7,10-11H2,1-2H3,(H,19,21)/t13-/m1/s1. The Bertz CT molecular complexity index is 594. The van der Waals surface area contributed by atoms with Crippen LogP contribution in [0.4, 0.5) is 0 Å². The molecule has 4 nitrogen and oxygen atoms in total. The fourth-order valence-corrected chi connectivity index (χ4v) is 3.07. The summed E-state index contributed by atoms with van der Waals surface area (Å²) in [4.78, 5) is 14.7. The van der Waals surface area contributed by atoms with Crippen LogP contribution in [0.5, 0.6) is 0 Å². The molecule has 2 aliphatic rings. The van der Waals surface area contributed by atoms with E-state index in [1.165, 1.54) is 0 Å². The second-order valence-electron chi connectivity index (χ2n) is 6.50. The van der Waals surface area contributed by atoms with Gasteiger partial charge in [-0.3, -0.25) is 9.69 Å². The first-order valence-electron chi connectivity index (χ1n) is 7.61. The maximum absolute atomic E-state index is 12.4. The Labute approximate surface area is 125 Å². The highest BCUT2D eigenvalue weighted by Crippen LogP contribution is 2.45. The lowest BCUT2D eigenvalue weighted by Crippen LogP contribution is -2.56. The van der Waals surface area contributed by atoms with Gasteiger partial charge in [0.15, 0.2) is 0 Å². The summed E-state index contributed by atoms with van der Waals surface area (Å²) in [5.41, 5.74) is 1.46. The number of nitriles is 1. The van der Waals surface area contributed by atoms with Crippen LogP contribution in [0.3, 0.4) is 0 Å². The zero-order valence-electron chi connectivity index (χ0n) is 12.6. The first-order chi connectivity index (χ1) is 10.0. The normalized spacial score (nSPS) is 22.0. The summed E-state index contributed by atoms with van der Waals surface area (Å²) in [6, 6.07) is 9.68. The molecule has 1 saturated carbocycles. The topological polar surface area (TPSA) is 56.1 Å². The summed E-state index contributed by atoms with van der Waals surface area (Å²) < 4.78 is 0. The SMILES string of the molecule is CC1CN([C@H](C)C(=O)NC2(c3cccc(C#N)c3)CC2)C1. The molecule has 1 aromatic rings. The Hall–Kier alpha value is -1.86. The summed E-state index contributed by atoms with van der Waals surface area (Å²) in [5, 5.41) is 12.2. The zero-order valence-corrected chi connectivity index (χ0v) is 12.6. The van der Waals surface area contributed by atoms with Gasteiger partial charge in [-0.05, 0) is 43.4 Å². The van der Waals surface area contributed by atoms with Gasteiger partial charge in [-0.15, -0.1) is 0 Å². The lowest BCUT2D eigenvalue weighted by Gasteiger charge is -2.41. The Kier molecular flexibility index (Phi) is 3.46. The lowest BCUT2D eigenvalue weighted by molar-refractivity contribution is -0.129. The number of amides is 1. The summed E-state index contributed by atoms with van der Waals surface area (Å²) >= 11 is 0. The first kappa shape index (κ1) is 14.1. The van der Waals surface area contributed by atoms with E-state index in [9.17, 15) is 4.79 Å². The quantitative estimate of drug-likeness (QED) is 0.919. The number of likely N-dealkylation sites (tertiary alicyclic amines) is 1. The van der Waals surface area contributed by atoms with E-state index in [0.29, 0.717) is 11.5 Å². The van der Waals surface area contributed by atoms with Gasteiger partial charge in [0.05, 0.1) is 23.2 Å². The second-order valence-corrected chi connectivity index (χ2v) is 6.50. The van der Waals surface area contributed by atoms with Gasteiger partial charge < -0.3 is 5.32 Å². The smallest absolute Gasteiger partial charge is 0.237 e. The molecule has 1 aliphatic heterocycles. The Morgan fingerprint density at radius 1 is 1.48 bits per heavy atom. The number of benzene rings is 1. The van der Waals surface area contributed by atoms with Crippen LogP contribution in [0.25, 0.3) is 0 Å². The molecule has 0 bridgehead atoms. The highest BCUT2D eigenvalue weighted by atomic mass is 16.2. The molecule has 1 amide bonds. The van der Waals surface area contributed by atoms with Crippen molar-refractivity contribution in [2.24, 2.45) is 5.92 Å². The van der Waals surface area contributed by atoms with Crippen molar-refractivity contribution in [1.82, 2.24) is 10.2 Å². The predicted octanol–water partition coefficient (Wildman–Crippen LogP) is 2.00. The van der Waals surface area contributed by atoms with E-state index in [4.69, 9.17) is 5.26 Å². The van der Waals surface area contributed by atoms with Crippen molar-refractivity contribution in [1.29, 1.82) is 5.26 Å². The molecule has 0 unspecified atom stereocenters. The minimum atomic E-state index is -0.241. The number of hydrogen-bond donors (Lipinski definition) is 1. The van der Waals surface area contributed by atoms with E-state index < -0.39 is 0 Å². The average molecular weight is 283 g/mol. The third kappa shape index (κ3) is 2.66. The highest BCUT2D eigenvalue weighted by Gasteiger charge is 2.47. The molecule has 1 aromatic carbocycles. The largest absolute Gasteiger partial charge is 0.345 e.